The summed E-state index contributed by atoms with van der Waals surface area (Å²) in [6.07, 6.45) is 1.73. The molecule has 1 aromatic carbocycles. The zero-order valence-corrected chi connectivity index (χ0v) is 10.9. The number of fused-ring (bicyclic) bond motifs is 1. The first-order valence-electron chi connectivity index (χ1n) is 6.53. The molecule has 2 N–H and O–H groups in total. The number of carbonyl (C=O) groups excluding carboxylic acids is 2. The molecular weight excluding hydrogens is 256 g/mol. The van der Waals surface area contributed by atoms with E-state index in [1.54, 1.807) is 11.1 Å². The lowest BCUT2D eigenvalue weighted by Gasteiger charge is -2.33. The Morgan fingerprint density at radius 2 is 1.70 bits per heavy atom. The quantitative estimate of drug-likeness (QED) is 0.849. The Bertz CT molecular complexity index is 656. The van der Waals surface area contributed by atoms with Gasteiger partial charge in [-0.3, -0.25) is 4.79 Å². The molecule has 0 aliphatic carbocycles. The van der Waals surface area contributed by atoms with Gasteiger partial charge in [0.1, 0.15) is 0 Å². The normalized spacial score (nSPS) is 15.6. The van der Waals surface area contributed by atoms with Crippen molar-refractivity contribution in [3.63, 3.8) is 0 Å². The molecule has 0 atom stereocenters. The molecule has 1 aliphatic rings. The van der Waals surface area contributed by atoms with Gasteiger partial charge in [0.25, 0.3) is 5.91 Å². The molecule has 2 aromatic rings. The van der Waals surface area contributed by atoms with Gasteiger partial charge < -0.3 is 14.8 Å². The van der Waals surface area contributed by atoms with Crippen molar-refractivity contribution >= 4 is 22.8 Å². The zero-order valence-electron chi connectivity index (χ0n) is 10.9. The summed E-state index contributed by atoms with van der Waals surface area (Å²) in [6, 6.07) is 7.00. The summed E-state index contributed by atoms with van der Waals surface area (Å²) in [5, 5.41) is 0.913. The van der Waals surface area contributed by atoms with Gasteiger partial charge in [0.05, 0.1) is 5.56 Å². The zero-order chi connectivity index (χ0) is 14.1. The SMILES string of the molecule is [NH]C(=O)N1CCN(C(=O)c2c[nH]c3ccccc23)CC1. The van der Waals surface area contributed by atoms with Crippen LogP contribution in [0, 0.1) is 0 Å². The number of H-pyrrole nitrogens is 1. The molecule has 20 heavy (non-hydrogen) atoms. The fourth-order valence-corrected chi connectivity index (χ4v) is 2.53. The molecule has 3 amide bonds. The van der Waals surface area contributed by atoms with Crippen molar-refractivity contribution in [1.29, 1.82) is 0 Å². The molecule has 3 rings (SSSR count). The van der Waals surface area contributed by atoms with Crippen LogP contribution in [-0.4, -0.2) is 52.9 Å². The number of aromatic amines is 1. The molecule has 1 radical (unpaired) electrons. The number of urea groups is 1. The van der Waals surface area contributed by atoms with Gasteiger partial charge in [-0.2, -0.15) is 0 Å². The smallest absolute Gasteiger partial charge is 0.336 e. The van der Waals surface area contributed by atoms with Gasteiger partial charge in [-0.15, -0.1) is 0 Å². The van der Waals surface area contributed by atoms with E-state index in [2.05, 4.69) is 4.98 Å². The maximum atomic E-state index is 12.5. The van der Waals surface area contributed by atoms with Crippen molar-refractivity contribution in [2.45, 2.75) is 0 Å². The van der Waals surface area contributed by atoms with Crippen molar-refractivity contribution < 1.29 is 9.59 Å². The lowest BCUT2D eigenvalue weighted by Crippen LogP contribution is -2.50. The lowest BCUT2D eigenvalue weighted by atomic mass is 10.1. The van der Waals surface area contributed by atoms with E-state index in [0.717, 1.165) is 10.9 Å². The van der Waals surface area contributed by atoms with Crippen LogP contribution in [0.25, 0.3) is 10.9 Å². The van der Waals surface area contributed by atoms with E-state index in [0.29, 0.717) is 31.7 Å². The Morgan fingerprint density at radius 1 is 1.05 bits per heavy atom. The van der Waals surface area contributed by atoms with Gasteiger partial charge in [-0.1, -0.05) is 18.2 Å². The summed E-state index contributed by atoms with van der Waals surface area (Å²) in [5.74, 6) is -0.0282. The van der Waals surface area contributed by atoms with Crippen molar-refractivity contribution in [2.75, 3.05) is 26.2 Å². The minimum Gasteiger partial charge on any atom is -0.360 e. The Hall–Kier alpha value is -2.50. The second kappa shape index (κ2) is 4.88. The number of benzene rings is 1. The summed E-state index contributed by atoms with van der Waals surface area (Å²) >= 11 is 0. The van der Waals surface area contributed by atoms with E-state index in [4.69, 9.17) is 5.73 Å². The standard InChI is InChI=1S/C14H15N4O2/c15-14(20)18-7-5-17(6-8-18)13(19)11-9-16-12-4-2-1-3-10(11)12/h1-4,9,15-16H,5-8H2. The molecule has 103 valence electrons. The molecule has 1 aliphatic heterocycles. The third kappa shape index (κ3) is 2.09. The number of piperazine rings is 1. The van der Waals surface area contributed by atoms with Crippen LogP contribution >= 0.6 is 0 Å². The van der Waals surface area contributed by atoms with E-state index in [9.17, 15) is 9.59 Å². The van der Waals surface area contributed by atoms with Gasteiger partial charge in [0.2, 0.25) is 0 Å². The Labute approximate surface area is 116 Å². The van der Waals surface area contributed by atoms with Crippen LogP contribution in [0.5, 0.6) is 0 Å². The first kappa shape index (κ1) is 12.5. The summed E-state index contributed by atoms with van der Waals surface area (Å²) in [4.78, 5) is 29.7. The van der Waals surface area contributed by atoms with Gasteiger partial charge in [0, 0.05) is 43.3 Å². The number of rotatable bonds is 1. The van der Waals surface area contributed by atoms with Crippen LogP contribution in [0.3, 0.4) is 0 Å². The van der Waals surface area contributed by atoms with Crippen molar-refractivity contribution in [1.82, 2.24) is 20.5 Å². The fourth-order valence-electron chi connectivity index (χ4n) is 2.53. The Morgan fingerprint density at radius 3 is 2.40 bits per heavy atom. The molecule has 1 aromatic heterocycles. The number of hydrogen-bond donors (Lipinski definition) is 1. The third-order valence-corrected chi connectivity index (χ3v) is 3.67. The van der Waals surface area contributed by atoms with E-state index >= 15 is 0 Å². The first-order valence-corrected chi connectivity index (χ1v) is 6.53. The number of hydrogen-bond acceptors (Lipinski definition) is 2. The maximum absolute atomic E-state index is 12.5. The number of aromatic nitrogens is 1. The van der Waals surface area contributed by atoms with Gasteiger partial charge in [-0.25, -0.2) is 10.5 Å². The second-order valence-electron chi connectivity index (χ2n) is 4.83. The molecule has 1 fully saturated rings. The van der Waals surface area contributed by atoms with Gasteiger partial charge in [-0.05, 0) is 6.07 Å². The van der Waals surface area contributed by atoms with Gasteiger partial charge in [0.15, 0.2) is 0 Å². The summed E-state index contributed by atoms with van der Waals surface area (Å²) in [7, 11) is 0. The molecule has 6 heteroatoms. The Balaban J connectivity index is 1.78. The van der Waals surface area contributed by atoms with E-state index < -0.39 is 6.03 Å². The summed E-state index contributed by atoms with van der Waals surface area (Å²) in [6.45, 7) is 1.80. The van der Waals surface area contributed by atoms with Gasteiger partial charge >= 0.3 is 6.03 Å². The highest BCUT2D eigenvalue weighted by molar-refractivity contribution is 6.06. The number of amides is 3. The second-order valence-corrected chi connectivity index (χ2v) is 4.83. The monoisotopic (exact) mass is 271 g/mol. The van der Waals surface area contributed by atoms with E-state index in [1.807, 2.05) is 24.3 Å². The minimum absolute atomic E-state index is 0.0282. The number of para-hydroxylation sites is 1. The average Bonchev–Trinajstić information content (AvgIpc) is 2.90. The largest absolute Gasteiger partial charge is 0.360 e. The predicted octanol–water partition coefficient (Wildman–Crippen LogP) is 1.33. The highest BCUT2D eigenvalue weighted by Crippen LogP contribution is 2.20. The van der Waals surface area contributed by atoms with Crippen molar-refractivity contribution in [2.24, 2.45) is 0 Å². The maximum Gasteiger partial charge on any atom is 0.336 e. The van der Waals surface area contributed by atoms with Crippen molar-refractivity contribution in [3.05, 3.63) is 36.0 Å². The molecule has 0 bridgehead atoms. The van der Waals surface area contributed by atoms with E-state index in [-0.39, 0.29) is 5.91 Å². The third-order valence-electron chi connectivity index (χ3n) is 3.67. The lowest BCUT2D eigenvalue weighted by molar-refractivity contribution is 0.0671. The Kier molecular flexibility index (Phi) is 3.06. The predicted molar refractivity (Wildman–Crippen MR) is 74.3 cm³/mol. The number of nitrogens with zero attached hydrogens (tertiary/aromatic N) is 2. The molecule has 0 spiro atoms. The van der Waals surface area contributed by atoms with Crippen LogP contribution in [0.2, 0.25) is 0 Å². The van der Waals surface area contributed by atoms with Crippen LogP contribution in [0.1, 0.15) is 10.4 Å². The molecule has 2 heterocycles. The minimum atomic E-state index is -0.677. The molecule has 1 saturated heterocycles. The molecular formula is C14H15N4O2. The molecule has 6 nitrogen and oxygen atoms in total. The van der Waals surface area contributed by atoms with Crippen LogP contribution in [0.15, 0.2) is 30.5 Å². The fraction of sp³-hybridized carbons (Fsp3) is 0.286. The highest BCUT2D eigenvalue weighted by Gasteiger charge is 2.25. The molecule has 0 saturated carbocycles. The first-order chi connectivity index (χ1) is 9.66. The molecule has 0 unspecified atom stereocenters. The van der Waals surface area contributed by atoms with Crippen LogP contribution < -0.4 is 5.73 Å². The topological polar surface area (TPSA) is 80.2 Å². The highest BCUT2D eigenvalue weighted by atomic mass is 16.2. The van der Waals surface area contributed by atoms with Crippen LogP contribution in [-0.2, 0) is 0 Å². The summed E-state index contributed by atoms with van der Waals surface area (Å²) in [5.41, 5.74) is 8.67. The van der Waals surface area contributed by atoms with E-state index in [1.165, 1.54) is 4.90 Å². The van der Waals surface area contributed by atoms with Crippen molar-refractivity contribution in [3.8, 4) is 0 Å². The van der Waals surface area contributed by atoms with Crippen LogP contribution in [0.4, 0.5) is 4.79 Å². The average molecular weight is 271 g/mol. The number of carbonyl (C=O) groups is 2. The number of nitrogens with one attached hydrogen (secondary N) is 2. The summed E-state index contributed by atoms with van der Waals surface area (Å²) < 4.78 is 0.